The zero-order chi connectivity index (χ0) is 14.5. The lowest BCUT2D eigenvalue weighted by molar-refractivity contribution is -0.128. The third-order valence-electron chi connectivity index (χ3n) is 2.78. The number of nitrogens with one attached hydrogen (secondary N) is 1. The van der Waals surface area contributed by atoms with Crippen LogP contribution in [0.1, 0.15) is 26.3 Å². The van der Waals surface area contributed by atoms with Crippen LogP contribution in [0.2, 0.25) is 0 Å². The monoisotopic (exact) mass is 263 g/mol. The molecule has 0 aliphatic carbocycles. The first-order chi connectivity index (χ1) is 8.84. The van der Waals surface area contributed by atoms with Crippen molar-refractivity contribution in [3.8, 4) is 0 Å². The molecule has 5 nitrogen and oxygen atoms in total. The maximum atomic E-state index is 12.0. The molecule has 1 unspecified atom stereocenters. The first-order valence-corrected chi connectivity index (χ1v) is 6.20. The van der Waals surface area contributed by atoms with Crippen LogP contribution in [0.15, 0.2) is 24.5 Å². The average molecular weight is 263 g/mol. The van der Waals surface area contributed by atoms with E-state index >= 15 is 0 Å². The molecule has 0 aromatic carbocycles. The second-order valence-corrected chi connectivity index (χ2v) is 5.65. The largest absolute Gasteiger partial charge is 0.335 e. The highest BCUT2D eigenvalue weighted by Crippen LogP contribution is 2.20. The Labute approximate surface area is 114 Å². The van der Waals surface area contributed by atoms with Crippen LogP contribution in [0, 0.1) is 5.41 Å². The van der Waals surface area contributed by atoms with E-state index in [9.17, 15) is 9.59 Å². The molecule has 0 aliphatic rings. The van der Waals surface area contributed by atoms with Gasteiger partial charge < -0.3 is 10.2 Å². The molecule has 0 aliphatic heterocycles. The number of carbonyl (C=O) groups is 2. The fourth-order valence-corrected chi connectivity index (χ4v) is 1.88. The van der Waals surface area contributed by atoms with Crippen LogP contribution in [0.5, 0.6) is 0 Å². The van der Waals surface area contributed by atoms with Gasteiger partial charge in [-0.3, -0.25) is 14.6 Å². The molecule has 104 valence electrons. The molecule has 2 amide bonds. The van der Waals surface area contributed by atoms with Crippen LogP contribution >= 0.6 is 0 Å². The summed E-state index contributed by atoms with van der Waals surface area (Å²) in [4.78, 5) is 28.3. The number of hydrogen-bond acceptors (Lipinski definition) is 3. The molecule has 0 bridgehead atoms. The van der Waals surface area contributed by atoms with Crippen molar-refractivity contribution in [3.05, 3.63) is 30.1 Å². The predicted molar refractivity (Wildman–Crippen MR) is 73.2 cm³/mol. The Kier molecular flexibility index (Phi) is 5.03. The van der Waals surface area contributed by atoms with Crippen molar-refractivity contribution in [2.24, 2.45) is 5.41 Å². The minimum Gasteiger partial charge on any atom is -0.335 e. The molecule has 1 atom stereocenters. The molecular weight excluding hydrogens is 242 g/mol. The summed E-state index contributed by atoms with van der Waals surface area (Å²) in [6.45, 7) is 5.92. The van der Waals surface area contributed by atoms with Crippen molar-refractivity contribution in [3.63, 3.8) is 0 Å². The summed E-state index contributed by atoms with van der Waals surface area (Å²) in [6, 6.07) is 3.64. The fraction of sp³-hybridized carbons (Fsp3) is 0.500. The predicted octanol–water partition coefficient (Wildman–Crippen LogP) is 1.20. The van der Waals surface area contributed by atoms with Crippen LogP contribution in [-0.4, -0.2) is 35.4 Å². The van der Waals surface area contributed by atoms with Crippen LogP contribution in [-0.2, 0) is 16.0 Å². The van der Waals surface area contributed by atoms with Gasteiger partial charge in [-0.2, -0.15) is 0 Å². The molecule has 0 saturated heterocycles. The van der Waals surface area contributed by atoms with Gasteiger partial charge in [0, 0.05) is 24.9 Å². The number of hydrogen-bond donors (Lipinski definition) is 1. The van der Waals surface area contributed by atoms with Crippen LogP contribution in [0.25, 0.3) is 0 Å². The van der Waals surface area contributed by atoms with E-state index in [4.69, 9.17) is 0 Å². The smallest absolute Gasteiger partial charge is 0.226 e. The van der Waals surface area contributed by atoms with Crippen molar-refractivity contribution in [1.29, 1.82) is 0 Å². The fourth-order valence-electron chi connectivity index (χ4n) is 1.88. The van der Waals surface area contributed by atoms with Gasteiger partial charge in [-0.25, -0.2) is 0 Å². The Morgan fingerprint density at radius 3 is 2.68 bits per heavy atom. The number of amides is 2. The molecule has 1 N–H and O–H groups in total. The number of rotatable bonds is 5. The van der Waals surface area contributed by atoms with Gasteiger partial charge >= 0.3 is 0 Å². The van der Waals surface area contributed by atoms with E-state index in [1.54, 1.807) is 25.5 Å². The summed E-state index contributed by atoms with van der Waals surface area (Å²) in [5, 5.41) is 2.88. The highest BCUT2D eigenvalue weighted by molar-refractivity contribution is 5.79. The van der Waals surface area contributed by atoms with E-state index in [-0.39, 0.29) is 23.9 Å². The lowest BCUT2D eigenvalue weighted by Gasteiger charge is -2.36. The minimum absolute atomic E-state index is 0.123. The van der Waals surface area contributed by atoms with Crippen molar-refractivity contribution >= 4 is 12.3 Å². The molecule has 5 heteroatoms. The van der Waals surface area contributed by atoms with E-state index in [1.165, 1.54) is 4.90 Å². The highest BCUT2D eigenvalue weighted by atomic mass is 16.2. The molecular formula is C14H21N3O2. The Hall–Kier alpha value is -1.91. The highest BCUT2D eigenvalue weighted by Gasteiger charge is 2.29. The maximum absolute atomic E-state index is 12.0. The molecule has 1 aromatic heterocycles. The van der Waals surface area contributed by atoms with Gasteiger partial charge in [0.15, 0.2) is 0 Å². The zero-order valence-electron chi connectivity index (χ0n) is 11.9. The van der Waals surface area contributed by atoms with Gasteiger partial charge in [0.1, 0.15) is 6.17 Å². The van der Waals surface area contributed by atoms with Gasteiger partial charge in [0.2, 0.25) is 12.3 Å². The first kappa shape index (κ1) is 15.1. The van der Waals surface area contributed by atoms with Crippen molar-refractivity contribution in [2.45, 2.75) is 33.4 Å². The summed E-state index contributed by atoms with van der Waals surface area (Å²) < 4.78 is 0. The van der Waals surface area contributed by atoms with Crippen molar-refractivity contribution in [1.82, 2.24) is 15.2 Å². The van der Waals surface area contributed by atoms with Gasteiger partial charge in [-0.1, -0.05) is 26.8 Å². The lowest BCUT2D eigenvalue weighted by atomic mass is 9.91. The van der Waals surface area contributed by atoms with Gasteiger partial charge in [-0.05, 0) is 11.6 Å². The van der Waals surface area contributed by atoms with Crippen molar-refractivity contribution in [2.75, 3.05) is 7.05 Å². The number of pyridine rings is 1. The summed E-state index contributed by atoms with van der Waals surface area (Å²) in [7, 11) is 1.66. The molecule has 0 spiro atoms. The van der Waals surface area contributed by atoms with E-state index < -0.39 is 0 Å². The molecule has 0 saturated carbocycles. The number of carbonyl (C=O) groups excluding carboxylic acids is 2. The maximum Gasteiger partial charge on any atom is 0.226 e. The van der Waals surface area contributed by atoms with Crippen LogP contribution in [0.3, 0.4) is 0 Å². The summed E-state index contributed by atoms with van der Waals surface area (Å²) in [5.41, 5.74) is 0.613. The standard InChI is InChI=1S/C14H21N3O2/c1-14(2,3)13(17(4)10-18)16-12(19)8-11-6-5-7-15-9-11/h5-7,9-10,13H,8H2,1-4H3,(H,16,19). The van der Waals surface area contributed by atoms with Crippen LogP contribution < -0.4 is 5.32 Å². The second kappa shape index (κ2) is 6.31. The van der Waals surface area contributed by atoms with Gasteiger partial charge in [-0.15, -0.1) is 0 Å². The Balaban J connectivity index is 2.69. The Bertz CT molecular complexity index is 426. The molecule has 1 aromatic rings. The van der Waals surface area contributed by atoms with Crippen LogP contribution in [0.4, 0.5) is 0 Å². The molecule has 0 fully saturated rings. The lowest BCUT2D eigenvalue weighted by Crippen LogP contribution is -2.53. The molecule has 1 rings (SSSR count). The number of nitrogens with zero attached hydrogens (tertiary/aromatic N) is 2. The van der Waals surface area contributed by atoms with Gasteiger partial charge in [0.25, 0.3) is 0 Å². The summed E-state index contributed by atoms with van der Waals surface area (Å²) in [5.74, 6) is -0.123. The van der Waals surface area contributed by atoms with Gasteiger partial charge in [0.05, 0.1) is 6.42 Å². The van der Waals surface area contributed by atoms with E-state index in [0.717, 1.165) is 12.0 Å². The Morgan fingerprint density at radius 2 is 2.21 bits per heavy atom. The normalized spacial score (nSPS) is 12.6. The molecule has 1 heterocycles. The van der Waals surface area contributed by atoms with E-state index in [0.29, 0.717) is 0 Å². The summed E-state index contributed by atoms with van der Waals surface area (Å²) >= 11 is 0. The molecule has 0 radical (unpaired) electrons. The van der Waals surface area contributed by atoms with E-state index in [2.05, 4.69) is 10.3 Å². The first-order valence-electron chi connectivity index (χ1n) is 6.20. The SMILES string of the molecule is CN(C=O)C(NC(=O)Cc1cccnc1)C(C)(C)C. The quantitative estimate of drug-likeness (QED) is 0.641. The summed E-state index contributed by atoms with van der Waals surface area (Å²) in [6.07, 6.45) is 3.97. The second-order valence-electron chi connectivity index (χ2n) is 5.65. The third-order valence-corrected chi connectivity index (χ3v) is 2.78. The minimum atomic E-state index is -0.339. The topological polar surface area (TPSA) is 62.3 Å². The average Bonchev–Trinajstić information content (AvgIpc) is 2.35. The Morgan fingerprint density at radius 1 is 1.53 bits per heavy atom. The number of aromatic nitrogens is 1. The van der Waals surface area contributed by atoms with Crippen molar-refractivity contribution < 1.29 is 9.59 Å². The third kappa shape index (κ3) is 4.69. The molecule has 19 heavy (non-hydrogen) atoms. The zero-order valence-corrected chi connectivity index (χ0v) is 11.9. The van der Waals surface area contributed by atoms with E-state index in [1.807, 2.05) is 26.8 Å².